The van der Waals surface area contributed by atoms with Gasteiger partial charge < -0.3 is 5.32 Å². The predicted octanol–water partition coefficient (Wildman–Crippen LogP) is 3.65. The molecule has 6 nitrogen and oxygen atoms in total. The number of nitrogens with one attached hydrogen (secondary N) is 2. The van der Waals surface area contributed by atoms with Crippen LogP contribution in [0.3, 0.4) is 0 Å². The van der Waals surface area contributed by atoms with Gasteiger partial charge in [-0.1, -0.05) is 6.92 Å². The zero-order valence-electron chi connectivity index (χ0n) is 14.4. The van der Waals surface area contributed by atoms with Crippen LogP contribution in [0.1, 0.15) is 42.1 Å². The molecule has 2 N–H and O–H groups in total. The fourth-order valence-electron chi connectivity index (χ4n) is 2.96. The first-order valence-corrected chi connectivity index (χ1v) is 10.0. The molecule has 0 spiro atoms. The van der Waals surface area contributed by atoms with Crippen LogP contribution in [-0.2, 0) is 11.3 Å². The van der Waals surface area contributed by atoms with Gasteiger partial charge in [-0.05, 0) is 37.4 Å². The van der Waals surface area contributed by atoms with Crippen molar-refractivity contribution in [1.82, 2.24) is 9.88 Å². The van der Waals surface area contributed by atoms with Crippen LogP contribution in [-0.4, -0.2) is 34.8 Å². The van der Waals surface area contributed by atoms with E-state index in [2.05, 4.69) is 27.4 Å². The molecule has 1 fully saturated rings. The number of piperidine rings is 1. The van der Waals surface area contributed by atoms with Crippen molar-refractivity contribution in [2.24, 2.45) is 5.92 Å². The number of anilines is 2. The van der Waals surface area contributed by atoms with Crippen LogP contribution in [0.4, 0.5) is 10.1 Å². The predicted molar refractivity (Wildman–Crippen MR) is 102 cm³/mol. The lowest BCUT2D eigenvalue weighted by Gasteiger charge is -2.30. The van der Waals surface area contributed by atoms with Gasteiger partial charge in [-0.2, -0.15) is 0 Å². The molecular weight excluding hydrogens is 356 g/mol. The maximum Gasteiger partial charge on any atom is 0.267 e. The molecule has 2 aromatic heterocycles. The summed E-state index contributed by atoms with van der Waals surface area (Å²) in [4.78, 5) is 30.9. The van der Waals surface area contributed by atoms with Crippen molar-refractivity contribution in [1.29, 1.82) is 0 Å². The Morgan fingerprint density at radius 2 is 2.20 bits per heavy atom. The van der Waals surface area contributed by atoms with E-state index in [1.807, 2.05) is 5.38 Å². The summed E-state index contributed by atoms with van der Waals surface area (Å²) in [5.74, 6) is 0.391. The Hall–Kier alpha value is -1.77. The first-order chi connectivity index (χ1) is 12.0. The number of thiazole rings is 1. The van der Waals surface area contributed by atoms with Crippen molar-refractivity contribution in [2.75, 3.05) is 23.7 Å². The first kappa shape index (κ1) is 18.0. The van der Waals surface area contributed by atoms with Crippen LogP contribution in [0.25, 0.3) is 0 Å². The molecule has 0 radical (unpaired) electrons. The van der Waals surface area contributed by atoms with Crippen molar-refractivity contribution in [3.63, 3.8) is 0 Å². The van der Waals surface area contributed by atoms with Crippen LogP contribution in [0.2, 0.25) is 0 Å². The standard InChI is InChI=1S/C17H22N4O2S2/c1-11-4-3-7-21(8-11)9-13-10-24-17(19-13)20-16(23)14-5-6-15(25-14)18-12(2)22/h5-6,10-11H,3-4,7-9H2,1-2H3,(H,18,22)(H,19,20,23)/t11-/m0/s1. The number of likely N-dealkylation sites (tertiary alicyclic amines) is 1. The molecular formula is C17H22N4O2S2. The molecule has 2 amide bonds. The Morgan fingerprint density at radius 3 is 2.96 bits per heavy atom. The average molecular weight is 379 g/mol. The van der Waals surface area contributed by atoms with E-state index in [1.54, 1.807) is 12.1 Å². The van der Waals surface area contributed by atoms with Crippen LogP contribution in [0, 0.1) is 5.92 Å². The highest BCUT2D eigenvalue weighted by atomic mass is 32.1. The van der Waals surface area contributed by atoms with Gasteiger partial charge in [0.15, 0.2) is 5.13 Å². The van der Waals surface area contributed by atoms with E-state index in [0.717, 1.165) is 31.2 Å². The minimum Gasteiger partial charge on any atom is -0.318 e. The van der Waals surface area contributed by atoms with Crippen LogP contribution >= 0.6 is 22.7 Å². The monoisotopic (exact) mass is 378 g/mol. The van der Waals surface area contributed by atoms with Gasteiger partial charge in [-0.25, -0.2) is 4.98 Å². The molecule has 0 aliphatic carbocycles. The summed E-state index contributed by atoms with van der Waals surface area (Å²) < 4.78 is 0. The maximum atomic E-state index is 12.3. The van der Waals surface area contributed by atoms with Crippen molar-refractivity contribution >= 4 is 44.6 Å². The van der Waals surface area contributed by atoms with Crippen molar-refractivity contribution < 1.29 is 9.59 Å². The van der Waals surface area contributed by atoms with Gasteiger partial charge in [0.1, 0.15) is 0 Å². The van der Waals surface area contributed by atoms with Gasteiger partial charge >= 0.3 is 0 Å². The second-order valence-electron chi connectivity index (χ2n) is 6.43. The van der Waals surface area contributed by atoms with Gasteiger partial charge in [0.05, 0.1) is 15.6 Å². The minimum atomic E-state index is -0.200. The number of thiophene rings is 1. The topological polar surface area (TPSA) is 74.3 Å². The lowest BCUT2D eigenvalue weighted by atomic mass is 10.0. The molecule has 0 aromatic carbocycles. The Kier molecular flexibility index (Phi) is 5.82. The van der Waals surface area contributed by atoms with E-state index in [9.17, 15) is 9.59 Å². The fourth-order valence-corrected chi connectivity index (χ4v) is 4.50. The molecule has 0 saturated carbocycles. The van der Waals surface area contributed by atoms with Gasteiger partial charge in [0.25, 0.3) is 5.91 Å². The van der Waals surface area contributed by atoms with Crippen molar-refractivity contribution in [3.8, 4) is 0 Å². The molecule has 3 heterocycles. The van der Waals surface area contributed by atoms with E-state index in [0.29, 0.717) is 15.0 Å². The highest BCUT2D eigenvalue weighted by Crippen LogP contribution is 2.25. The molecule has 0 bridgehead atoms. The number of carbonyl (C=O) groups is 2. The average Bonchev–Trinajstić information content (AvgIpc) is 3.16. The number of rotatable bonds is 5. The van der Waals surface area contributed by atoms with Crippen molar-refractivity contribution in [3.05, 3.63) is 28.1 Å². The summed E-state index contributed by atoms with van der Waals surface area (Å²) in [5, 5.41) is 8.80. The number of carbonyl (C=O) groups excluding carboxylic acids is 2. The molecule has 1 aliphatic heterocycles. The number of hydrogen-bond donors (Lipinski definition) is 2. The third-order valence-electron chi connectivity index (χ3n) is 4.03. The zero-order valence-corrected chi connectivity index (χ0v) is 16.0. The number of nitrogens with zero attached hydrogens (tertiary/aromatic N) is 2. The van der Waals surface area contributed by atoms with E-state index < -0.39 is 0 Å². The molecule has 8 heteroatoms. The van der Waals surface area contributed by atoms with Crippen LogP contribution in [0.15, 0.2) is 17.5 Å². The molecule has 25 heavy (non-hydrogen) atoms. The molecule has 134 valence electrons. The second kappa shape index (κ2) is 8.07. The quantitative estimate of drug-likeness (QED) is 0.833. The number of hydrogen-bond acceptors (Lipinski definition) is 6. The van der Waals surface area contributed by atoms with Gasteiger partial charge in [-0.3, -0.25) is 19.8 Å². The van der Waals surface area contributed by atoms with E-state index in [1.165, 1.54) is 42.4 Å². The normalized spacial score (nSPS) is 18.1. The molecule has 3 rings (SSSR count). The minimum absolute atomic E-state index is 0.148. The summed E-state index contributed by atoms with van der Waals surface area (Å²) in [6.45, 7) is 6.79. The van der Waals surface area contributed by atoms with E-state index >= 15 is 0 Å². The summed E-state index contributed by atoms with van der Waals surface area (Å²) in [7, 11) is 0. The van der Waals surface area contributed by atoms with Gasteiger partial charge in [0.2, 0.25) is 5.91 Å². The lowest BCUT2D eigenvalue weighted by Crippen LogP contribution is -2.33. The highest BCUT2D eigenvalue weighted by Gasteiger charge is 2.18. The van der Waals surface area contributed by atoms with E-state index in [-0.39, 0.29) is 11.8 Å². The number of amides is 2. The van der Waals surface area contributed by atoms with Gasteiger partial charge in [0, 0.05) is 25.4 Å². The summed E-state index contributed by atoms with van der Waals surface area (Å²) >= 11 is 2.69. The van der Waals surface area contributed by atoms with Crippen molar-refractivity contribution in [2.45, 2.75) is 33.2 Å². The van der Waals surface area contributed by atoms with Gasteiger partial charge in [-0.15, -0.1) is 22.7 Å². The summed E-state index contributed by atoms with van der Waals surface area (Å²) in [6.07, 6.45) is 2.54. The Balaban J connectivity index is 1.56. The number of aromatic nitrogens is 1. The molecule has 1 saturated heterocycles. The highest BCUT2D eigenvalue weighted by molar-refractivity contribution is 7.18. The molecule has 1 aliphatic rings. The molecule has 2 aromatic rings. The second-order valence-corrected chi connectivity index (χ2v) is 8.37. The maximum absolute atomic E-state index is 12.3. The summed E-state index contributed by atoms with van der Waals surface area (Å²) in [6, 6.07) is 3.43. The first-order valence-electron chi connectivity index (χ1n) is 8.35. The lowest BCUT2D eigenvalue weighted by molar-refractivity contribution is -0.114. The third kappa shape index (κ3) is 5.10. The molecule has 0 unspecified atom stereocenters. The third-order valence-corrected chi connectivity index (χ3v) is 5.83. The Bertz CT molecular complexity index is 755. The Labute approximate surface area is 155 Å². The fraction of sp³-hybridized carbons (Fsp3) is 0.471. The van der Waals surface area contributed by atoms with Crippen LogP contribution < -0.4 is 10.6 Å². The smallest absolute Gasteiger partial charge is 0.267 e. The SMILES string of the molecule is CC(=O)Nc1ccc(C(=O)Nc2nc(CN3CCC[C@H](C)C3)cs2)s1. The Morgan fingerprint density at radius 1 is 1.36 bits per heavy atom. The van der Waals surface area contributed by atoms with E-state index in [4.69, 9.17) is 0 Å². The largest absolute Gasteiger partial charge is 0.318 e. The summed E-state index contributed by atoms with van der Waals surface area (Å²) in [5.41, 5.74) is 1.000. The zero-order chi connectivity index (χ0) is 17.8. The molecule has 1 atom stereocenters. The van der Waals surface area contributed by atoms with Crippen LogP contribution in [0.5, 0.6) is 0 Å².